The van der Waals surface area contributed by atoms with Gasteiger partial charge in [0.05, 0.1) is 16.5 Å². The second kappa shape index (κ2) is 20.3. The molecule has 0 saturated carbocycles. The fourth-order valence-electron chi connectivity index (χ4n) is 18.9. The van der Waals surface area contributed by atoms with Gasteiger partial charge in [0, 0.05) is 67.6 Å². The number of benzene rings is 12. The molecule has 5 aliphatic carbocycles. The molecule has 0 fully saturated rings. The molecular formula is C91H66BN3. The number of nitrogens with zero attached hydrogens (tertiary/aromatic N) is 3. The first-order chi connectivity index (χ1) is 46.7. The molecule has 0 aromatic heterocycles. The van der Waals surface area contributed by atoms with E-state index in [0.717, 1.165) is 51.0 Å². The smallest absolute Gasteiger partial charge is 0.252 e. The van der Waals surface area contributed by atoms with E-state index < -0.39 is 10.8 Å². The van der Waals surface area contributed by atoms with Crippen molar-refractivity contribution in [3.05, 3.63) is 395 Å². The quantitative estimate of drug-likeness (QED) is 0.105. The van der Waals surface area contributed by atoms with Crippen molar-refractivity contribution >= 4 is 63.0 Å². The number of hydrogen-bond acceptors (Lipinski definition) is 3. The van der Waals surface area contributed by atoms with E-state index in [1.54, 1.807) is 0 Å². The standard InChI is InChI=1S/C91H66BN3/c1-7-9-12-32-57(3)93(80-52-31-51-77-84(80)68-43-23-30-50-75(68)91(77)72-47-27-19-39-64(72)65-40-20-28-48-73(65)91)61-55-81-86-82(56-61)95(60-35-15-11-16-36-60)88-79(54-53-76-85(88)66-41-21-24-44-69(66)89(76,5)6)92(86)78(8-2)87(94(81)59-33-13-10-14-34-59)83-58(4)90(74-49-29-22-42-67(74)83)70-45-25-17-37-62(70)63-38-18-26-46-71(63)90/h7-56H,1-2H2,3-6H3/b12-9-,57-32+. The fraction of sp³-hybridized carbons (Fsp3) is 0.0769. The molecule has 7 aliphatic rings. The highest BCUT2D eigenvalue weighted by Gasteiger charge is 2.56. The summed E-state index contributed by atoms with van der Waals surface area (Å²) < 4.78 is 0. The van der Waals surface area contributed by atoms with Gasteiger partial charge in [-0.2, -0.15) is 0 Å². The molecule has 2 spiro atoms. The first-order valence-electron chi connectivity index (χ1n) is 33.4. The van der Waals surface area contributed by atoms with Gasteiger partial charge in [-0.15, -0.1) is 0 Å². The zero-order valence-corrected chi connectivity index (χ0v) is 53.7. The van der Waals surface area contributed by atoms with Gasteiger partial charge in [0.1, 0.15) is 0 Å². The van der Waals surface area contributed by atoms with Crippen molar-refractivity contribution in [1.82, 2.24) is 0 Å². The van der Waals surface area contributed by atoms with Crippen LogP contribution < -0.4 is 25.6 Å². The van der Waals surface area contributed by atoms with Crippen LogP contribution in [0.25, 0.3) is 50.1 Å². The molecule has 12 aromatic rings. The van der Waals surface area contributed by atoms with Crippen LogP contribution in [-0.2, 0) is 16.2 Å². The van der Waals surface area contributed by atoms with E-state index in [0.29, 0.717) is 0 Å². The van der Waals surface area contributed by atoms with Crippen LogP contribution in [0.15, 0.2) is 339 Å². The summed E-state index contributed by atoms with van der Waals surface area (Å²) in [7, 11) is 0. The molecule has 0 atom stereocenters. The molecule has 0 bridgehead atoms. The lowest BCUT2D eigenvalue weighted by atomic mass is 9.32. The molecule has 12 aromatic carbocycles. The minimum absolute atomic E-state index is 0.263. The summed E-state index contributed by atoms with van der Waals surface area (Å²) >= 11 is 0. The summed E-state index contributed by atoms with van der Waals surface area (Å²) in [6.07, 6.45) is 10.5. The highest BCUT2D eigenvalue weighted by atomic mass is 15.2. The number of para-hydroxylation sites is 2. The molecule has 4 heteroatoms. The van der Waals surface area contributed by atoms with E-state index >= 15 is 0 Å². The Labute approximate surface area is 557 Å². The minimum atomic E-state index is -0.571. The topological polar surface area (TPSA) is 9.72 Å². The van der Waals surface area contributed by atoms with Gasteiger partial charge in [0.15, 0.2) is 0 Å². The zero-order chi connectivity index (χ0) is 63.6. The molecule has 0 radical (unpaired) electrons. The van der Waals surface area contributed by atoms with Crippen molar-refractivity contribution < 1.29 is 0 Å². The Morgan fingerprint density at radius 2 is 0.884 bits per heavy atom. The Morgan fingerprint density at radius 3 is 1.44 bits per heavy atom. The Balaban J connectivity index is 0.971. The van der Waals surface area contributed by atoms with Crippen LogP contribution in [-0.4, -0.2) is 6.71 Å². The third-order valence-electron chi connectivity index (χ3n) is 22.4. The van der Waals surface area contributed by atoms with Gasteiger partial charge < -0.3 is 14.7 Å². The largest absolute Gasteiger partial charge is 0.314 e. The maximum Gasteiger partial charge on any atom is 0.252 e. The normalized spacial score (nSPS) is 16.0. The number of rotatable bonds is 9. The molecule has 2 heterocycles. The Morgan fingerprint density at radius 1 is 0.432 bits per heavy atom. The first-order valence-corrected chi connectivity index (χ1v) is 33.4. The van der Waals surface area contributed by atoms with Gasteiger partial charge in [0.2, 0.25) is 0 Å². The monoisotopic (exact) mass is 1210 g/mol. The highest BCUT2D eigenvalue weighted by molar-refractivity contribution is 6.96. The Kier molecular flexibility index (Phi) is 11.8. The molecule has 0 N–H and O–H groups in total. The first kappa shape index (κ1) is 55.2. The molecule has 2 aliphatic heterocycles. The van der Waals surface area contributed by atoms with Crippen LogP contribution in [0.3, 0.4) is 0 Å². The van der Waals surface area contributed by atoms with Crippen molar-refractivity contribution in [3.63, 3.8) is 0 Å². The lowest BCUT2D eigenvalue weighted by molar-refractivity contribution is 0.660. The van der Waals surface area contributed by atoms with Crippen molar-refractivity contribution in [1.29, 1.82) is 0 Å². The third kappa shape index (κ3) is 7.05. The van der Waals surface area contributed by atoms with Crippen molar-refractivity contribution in [3.8, 4) is 44.5 Å². The van der Waals surface area contributed by atoms with Gasteiger partial charge >= 0.3 is 0 Å². The molecule has 448 valence electrons. The summed E-state index contributed by atoms with van der Waals surface area (Å²) in [5.41, 5.74) is 37.9. The maximum atomic E-state index is 4.99. The van der Waals surface area contributed by atoms with Gasteiger partial charge in [0.25, 0.3) is 6.71 Å². The summed E-state index contributed by atoms with van der Waals surface area (Å²) in [5, 5.41) is 0. The summed E-state index contributed by atoms with van der Waals surface area (Å²) in [6.45, 7) is 18.4. The summed E-state index contributed by atoms with van der Waals surface area (Å²) in [4.78, 5) is 7.84. The summed E-state index contributed by atoms with van der Waals surface area (Å²) in [5.74, 6) is 0. The molecule has 0 unspecified atom stereocenters. The molecule has 3 nitrogen and oxygen atoms in total. The van der Waals surface area contributed by atoms with Crippen LogP contribution in [0.4, 0.5) is 39.8 Å². The van der Waals surface area contributed by atoms with E-state index in [1.165, 1.54) is 128 Å². The predicted molar refractivity (Wildman–Crippen MR) is 398 cm³/mol. The van der Waals surface area contributed by atoms with Gasteiger partial charge in [-0.05, 0) is 173 Å². The number of hydrogen-bond donors (Lipinski definition) is 0. The van der Waals surface area contributed by atoms with Crippen LogP contribution in [0.2, 0.25) is 0 Å². The zero-order valence-electron chi connectivity index (χ0n) is 53.7. The molecule has 0 saturated heterocycles. The fourth-order valence-corrected chi connectivity index (χ4v) is 18.9. The number of fused-ring (bicyclic) bond motifs is 23. The van der Waals surface area contributed by atoms with Crippen molar-refractivity contribution in [2.45, 2.75) is 43.9 Å². The second-order valence-electron chi connectivity index (χ2n) is 27.0. The van der Waals surface area contributed by atoms with Gasteiger partial charge in [-0.25, -0.2) is 0 Å². The average molecular weight is 1210 g/mol. The van der Waals surface area contributed by atoms with E-state index in [2.05, 4.69) is 340 Å². The third-order valence-corrected chi connectivity index (χ3v) is 22.4. The Hall–Kier alpha value is -11.5. The summed E-state index contributed by atoms with van der Waals surface area (Å²) in [6, 6.07) is 104. The minimum Gasteiger partial charge on any atom is -0.314 e. The Bertz CT molecular complexity index is 5410. The van der Waals surface area contributed by atoms with Gasteiger partial charge in [-0.3, -0.25) is 0 Å². The van der Waals surface area contributed by atoms with Crippen molar-refractivity contribution in [2.75, 3.05) is 14.7 Å². The van der Waals surface area contributed by atoms with Crippen LogP contribution in [0.5, 0.6) is 0 Å². The highest BCUT2D eigenvalue weighted by Crippen LogP contribution is 2.67. The van der Waals surface area contributed by atoms with Crippen LogP contribution >= 0.6 is 0 Å². The van der Waals surface area contributed by atoms with Crippen LogP contribution in [0, 0.1) is 0 Å². The lowest BCUT2D eigenvalue weighted by Gasteiger charge is -2.46. The molecule has 19 rings (SSSR count). The average Bonchev–Trinajstić information content (AvgIpc) is 1.59. The van der Waals surface area contributed by atoms with E-state index in [-0.39, 0.29) is 12.1 Å². The van der Waals surface area contributed by atoms with Crippen molar-refractivity contribution in [2.24, 2.45) is 0 Å². The second-order valence-corrected chi connectivity index (χ2v) is 27.0. The van der Waals surface area contributed by atoms with E-state index in [1.807, 2.05) is 12.2 Å². The number of allylic oxidation sites excluding steroid dienone is 9. The molecule has 0 amide bonds. The predicted octanol–water partition coefficient (Wildman–Crippen LogP) is 21.4. The van der Waals surface area contributed by atoms with E-state index in [4.69, 9.17) is 6.58 Å². The van der Waals surface area contributed by atoms with E-state index in [9.17, 15) is 0 Å². The van der Waals surface area contributed by atoms with Crippen LogP contribution in [0.1, 0.15) is 83.3 Å². The molecule has 95 heavy (non-hydrogen) atoms. The maximum absolute atomic E-state index is 4.99. The molecular weight excluding hydrogens is 1150 g/mol. The van der Waals surface area contributed by atoms with Gasteiger partial charge in [-0.1, -0.05) is 282 Å². The SMILES string of the molecule is C=C/C=C\C=C(/C)N(c1cc2c3c(c1)N(c1ccccc1)c1c(ccc4c1-c1ccccc1C4(C)C)B3C(C=C)=C(C1=C(C)C3(c4ccccc41)c1ccccc1-c1ccccc13)N2c1ccccc1)c1cccc2c1-c1ccccc1C21c2ccccc2-c2ccccc21. The number of anilines is 7. The lowest BCUT2D eigenvalue weighted by Crippen LogP contribution is -2.56.